The second-order valence-electron chi connectivity index (χ2n) is 5.19. The van der Waals surface area contributed by atoms with Crippen molar-refractivity contribution in [3.05, 3.63) is 18.2 Å². The fraction of sp³-hybridized carbons (Fsp3) is 0.615. The van der Waals surface area contributed by atoms with Crippen molar-refractivity contribution in [3.63, 3.8) is 0 Å². The normalized spacial score (nSPS) is 23.7. The van der Waals surface area contributed by atoms with Crippen LogP contribution in [0.4, 0.5) is 0 Å². The molecule has 1 fully saturated rings. The van der Waals surface area contributed by atoms with Crippen LogP contribution in [0.1, 0.15) is 25.6 Å². The third kappa shape index (κ3) is 2.53. The number of hydrogen-bond acceptors (Lipinski definition) is 3. The number of aromatic nitrogens is 2. The number of rotatable bonds is 2. The smallest absolute Gasteiger partial charge is 0.242 e. The quantitative estimate of drug-likeness (QED) is 0.791. The molecule has 0 aliphatic carbocycles. The zero-order chi connectivity index (χ0) is 13.2. The van der Waals surface area contributed by atoms with Gasteiger partial charge in [0.25, 0.3) is 0 Å². The largest absolute Gasteiger partial charge is 0.340 e. The summed E-state index contributed by atoms with van der Waals surface area (Å²) in [6.07, 6.45) is 5.27. The van der Waals surface area contributed by atoms with E-state index in [1.807, 2.05) is 18.4 Å². The molecule has 1 aromatic heterocycles. The molecule has 1 aromatic rings. The van der Waals surface area contributed by atoms with Crippen molar-refractivity contribution in [3.8, 4) is 6.07 Å². The van der Waals surface area contributed by atoms with Gasteiger partial charge in [-0.3, -0.25) is 4.79 Å². The van der Waals surface area contributed by atoms with E-state index >= 15 is 0 Å². The van der Waals surface area contributed by atoms with Crippen LogP contribution in [0.2, 0.25) is 0 Å². The number of aryl methyl sites for hydroxylation is 1. The van der Waals surface area contributed by atoms with Crippen molar-refractivity contribution >= 4 is 5.91 Å². The molecule has 0 unspecified atom stereocenters. The molecule has 1 amide bonds. The molecule has 0 N–H and O–H groups in total. The maximum atomic E-state index is 12.2. The first-order valence-electron chi connectivity index (χ1n) is 6.21. The van der Waals surface area contributed by atoms with E-state index < -0.39 is 5.41 Å². The molecule has 96 valence electrons. The van der Waals surface area contributed by atoms with Gasteiger partial charge < -0.3 is 9.47 Å². The van der Waals surface area contributed by atoms with Crippen molar-refractivity contribution in [2.75, 3.05) is 13.1 Å². The zero-order valence-corrected chi connectivity index (χ0v) is 10.9. The molecule has 0 saturated carbocycles. The number of nitriles is 1. The van der Waals surface area contributed by atoms with Gasteiger partial charge in [0.05, 0.1) is 11.5 Å². The number of nitrogens with zero attached hydrogens (tertiary/aromatic N) is 4. The highest BCUT2D eigenvalue weighted by Crippen LogP contribution is 2.28. The Hall–Kier alpha value is -1.83. The minimum absolute atomic E-state index is 0.0669. The van der Waals surface area contributed by atoms with E-state index in [2.05, 4.69) is 11.1 Å². The lowest BCUT2D eigenvalue weighted by Gasteiger charge is -2.36. The van der Waals surface area contributed by atoms with Crippen LogP contribution < -0.4 is 0 Å². The molecule has 0 radical (unpaired) electrons. The summed E-state index contributed by atoms with van der Waals surface area (Å²) in [6.45, 7) is 5.41. The molecule has 2 heterocycles. The van der Waals surface area contributed by atoms with Gasteiger partial charge >= 0.3 is 0 Å². The Morgan fingerprint density at radius 3 is 3.06 bits per heavy atom. The van der Waals surface area contributed by atoms with Crippen molar-refractivity contribution in [1.29, 1.82) is 5.26 Å². The molecule has 18 heavy (non-hydrogen) atoms. The molecule has 1 atom stereocenters. The molecule has 5 nitrogen and oxygen atoms in total. The SMILES string of the molecule is Cc1nccn1CC(=O)N1CCC[C@](C)(C#N)C1. The van der Waals surface area contributed by atoms with Crippen molar-refractivity contribution in [2.45, 2.75) is 33.2 Å². The summed E-state index contributed by atoms with van der Waals surface area (Å²) in [6, 6.07) is 2.32. The maximum absolute atomic E-state index is 12.2. The Morgan fingerprint density at radius 2 is 2.44 bits per heavy atom. The van der Waals surface area contributed by atoms with Crippen molar-refractivity contribution < 1.29 is 4.79 Å². The molecular formula is C13H18N4O. The Balaban J connectivity index is 2.02. The fourth-order valence-corrected chi connectivity index (χ4v) is 2.36. The first kappa shape index (κ1) is 12.6. The van der Waals surface area contributed by atoms with Gasteiger partial charge in [-0.25, -0.2) is 4.98 Å². The molecule has 0 spiro atoms. The number of piperidine rings is 1. The van der Waals surface area contributed by atoms with Crippen molar-refractivity contribution in [2.24, 2.45) is 5.41 Å². The van der Waals surface area contributed by atoms with E-state index in [4.69, 9.17) is 5.26 Å². The van der Waals surface area contributed by atoms with Crippen LogP contribution in [0.15, 0.2) is 12.4 Å². The fourth-order valence-electron chi connectivity index (χ4n) is 2.36. The van der Waals surface area contributed by atoms with Gasteiger partial charge in [-0.2, -0.15) is 5.26 Å². The van der Waals surface area contributed by atoms with Gasteiger partial charge in [-0.15, -0.1) is 0 Å². The van der Waals surface area contributed by atoms with Gasteiger partial charge in [-0.1, -0.05) is 0 Å². The summed E-state index contributed by atoms with van der Waals surface area (Å²) in [5.41, 5.74) is -0.391. The highest BCUT2D eigenvalue weighted by molar-refractivity contribution is 5.76. The minimum Gasteiger partial charge on any atom is -0.340 e. The average Bonchev–Trinajstić information content (AvgIpc) is 2.75. The first-order valence-corrected chi connectivity index (χ1v) is 6.21. The predicted molar refractivity (Wildman–Crippen MR) is 66.5 cm³/mol. The highest BCUT2D eigenvalue weighted by Gasteiger charge is 2.33. The van der Waals surface area contributed by atoms with E-state index in [1.54, 1.807) is 17.3 Å². The van der Waals surface area contributed by atoms with Crippen LogP contribution in [-0.4, -0.2) is 33.4 Å². The topological polar surface area (TPSA) is 61.9 Å². The molecular weight excluding hydrogens is 228 g/mol. The Bertz CT molecular complexity index is 487. The van der Waals surface area contributed by atoms with Crippen LogP contribution >= 0.6 is 0 Å². The number of imidazole rings is 1. The van der Waals surface area contributed by atoms with Gasteiger partial charge in [0, 0.05) is 25.5 Å². The molecule has 5 heteroatoms. The molecule has 1 aliphatic rings. The Morgan fingerprint density at radius 1 is 1.67 bits per heavy atom. The van der Waals surface area contributed by atoms with Crippen LogP contribution in [0.25, 0.3) is 0 Å². The maximum Gasteiger partial charge on any atom is 0.242 e. The highest BCUT2D eigenvalue weighted by atomic mass is 16.2. The molecule has 2 rings (SSSR count). The summed E-state index contributed by atoms with van der Waals surface area (Å²) < 4.78 is 1.83. The van der Waals surface area contributed by atoms with E-state index in [0.29, 0.717) is 13.1 Å². The molecule has 1 saturated heterocycles. The van der Waals surface area contributed by atoms with E-state index in [-0.39, 0.29) is 5.91 Å². The molecule has 0 aromatic carbocycles. The van der Waals surface area contributed by atoms with E-state index in [0.717, 1.165) is 25.2 Å². The second kappa shape index (κ2) is 4.81. The lowest BCUT2D eigenvalue weighted by atomic mass is 9.83. The monoisotopic (exact) mass is 246 g/mol. The third-order valence-corrected chi connectivity index (χ3v) is 3.55. The number of likely N-dealkylation sites (tertiary alicyclic amines) is 1. The molecule has 0 bridgehead atoms. The Labute approximate surface area is 107 Å². The first-order chi connectivity index (χ1) is 8.54. The summed E-state index contributed by atoms with van der Waals surface area (Å²) in [5.74, 6) is 0.903. The van der Waals surface area contributed by atoms with Gasteiger partial charge in [0.2, 0.25) is 5.91 Å². The third-order valence-electron chi connectivity index (χ3n) is 3.55. The van der Waals surface area contributed by atoms with Crippen molar-refractivity contribution in [1.82, 2.24) is 14.5 Å². The standard InChI is InChI=1S/C13H18N4O/c1-11-15-5-7-16(11)8-12(18)17-6-3-4-13(2,9-14)10-17/h5,7H,3-4,6,8,10H2,1-2H3/t13-/m1/s1. The van der Waals surface area contributed by atoms with Crippen LogP contribution in [-0.2, 0) is 11.3 Å². The second-order valence-corrected chi connectivity index (χ2v) is 5.19. The van der Waals surface area contributed by atoms with Gasteiger partial charge in [0.1, 0.15) is 12.4 Å². The summed E-state index contributed by atoms with van der Waals surface area (Å²) >= 11 is 0. The molecule has 1 aliphatic heterocycles. The zero-order valence-electron chi connectivity index (χ0n) is 10.9. The predicted octanol–water partition coefficient (Wildman–Crippen LogP) is 1.34. The lowest BCUT2D eigenvalue weighted by molar-refractivity contribution is -0.134. The van der Waals surface area contributed by atoms with Crippen LogP contribution in [0, 0.1) is 23.7 Å². The lowest BCUT2D eigenvalue weighted by Crippen LogP contribution is -2.45. The van der Waals surface area contributed by atoms with Gasteiger partial charge in [-0.05, 0) is 26.7 Å². The van der Waals surface area contributed by atoms with Crippen LogP contribution in [0.5, 0.6) is 0 Å². The summed E-state index contributed by atoms with van der Waals surface area (Å²) in [4.78, 5) is 18.1. The van der Waals surface area contributed by atoms with E-state index in [9.17, 15) is 4.79 Å². The number of hydrogen-bond donors (Lipinski definition) is 0. The summed E-state index contributed by atoms with van der Waals surface area (Å²) in [7, 11) is 0. The average molecular weight is 246 g/mol. The van der Waals surface area contributed by atoms with Gasteiger partial charge in [0.15, 0.2) is 0 Å². The van der Waals surface area contributed by atoms with Crippen LogP contribution in [0.3, 0.4) is 0 Å². The number of carbonyl (C=O) groups excluding carboxylic acids is 1. The number of amides is 1. The minimum atomic E-state index is -0.391. The Kier molecular flexibility index (Phi) is 3.37. The summed E-state index contributed by atoms with van der Waals surface area (Å²) in [5, 5.41) is 9.15. The number of carbonyl (C=O) groups is 1. The van der Waals surface area contributed by atoms with E-state index in [1.165, 1.54) is 0 Å².